The molecule has 0 amide bonds. The third kappa shape index (κ3) is 8.41. The second-order valence-electron chi connectivity index (χ2n) is 6.58. The van der Waals surface area contributed by atoms with Crippen molar-refractivity contribution in [3.8, 4) is 11.5 Å². The van der Waals surface area contributed by atoms with Gasteiger partial charge in [-0.3, -0.25) is 4.79 Å². The van der Waals surface area contributed by atoms with Crippen molar-refractivity contribution in [2.75, 3.05) is 25.6 Å². The zero-order valence-corrected chi connectivity index (χ0v) is 18.1. The number of hydrogen-bond acceptors (Lipinski definition) is 5. The lowest BCUT2D eigenvalue weighted by Crippen LogP contribution is -2.10. The van der Waals surface area contributed by atoms with Crippen LogP contribution < -0.4 is 9.47 Å². The molecule has 0 unspecified atom stereocenters. The quantitative estimate of drug-likeness (QED) is 0.175. The van der Waals surface area contributed by atoms with Gasteiger partial charge >= 0.3 is 12.1 Å². The molecule has 0 heterocycles. The van der Waals surface area contributed by atoms with Crippen molar-refractivity contribution >= 4 is 17.7 Å². The molecule has 2 aromatic rings. The van der Waals surface area contributed by atoms with Crippen molar-refractivity contribution in [1.82, 2.24) is 0 Å². The average Bonchev–Trinajstić information content (AvgIpc) is 2.71. The molecule has 0 aromatic heterocycles. The first-order chi connectivity index (χ1) is 15.1. The Labute approximate surface area is 186 Å². The van der Waals surface area contributed by atoms with E-state index in [1.807, 2.05) is 0 Å². The molecule has 0 saturated heterocycles. The second-order valence-corrected chi connectivity index (χ2v) is 7.63. The van der Waals surface area contributed by atoms with Crippen LogP contribution in [0.2, 0.25) is 0 Å². The first-order valence-electron chi connectivity index (χ1n) is 9.39. The smallest absolute Gasteiger partial charge is 0.416 e. The van der Waals surface area contributed by atoms with Gasteiger partial charge < -0.3 is 14.2 Å². The van der Waals surface area contributed by atoms with Gasteiger partial charge in [0.15, 0.2) is 0 Å². The minimum atomic E-state index is -4.48. The van der Waals surface area contributed by atoms with Gasteiger partial charge in [0.25, 0.3) is 6.08 Å². The van der Waals surface area contributed by atoms with Crippen LogP contribution in [-0.2, 0) is 15.7 Å². The van der Waals surface area contributed by atoms with E-state index < -0.39 is 30.4 Å². The molecule has 2 rings (SSSR count). The number of aryl methyl sites for hydroxylation is 1. The molecule has 0 bridgehead atoms. The van der Waals surface area contributed by atoms with Crippen molar-refractivity contribution in [1.29, 1.82) is 0 Å². The maximum absolute atomic E-state index is 13.3. The number of rotatable bonds is 10. The summed E-state index contributed by atoms with van der Waals surface area (Å²) in [6.45, 7) is 2.96. The monoisotopic (exact) mass is 476 g/mol. The normalized spacial score (nSPS) is 11.1. The molecule has 0 N–H and O–H groups in total. The molecule has 174 valence electrons. The Morgan fingerprint density at radius 3 is 2.25 bits per heavy atom. The largest absolute Gasteiger partial charge is 0.490 e. The highest BCUT2D eigenvalue weighted by atomic mass is 32.2. The number of halogens is 5. The fourth-order valence-corrected chi connectivity index (χ4v) is 3.40. The molecular weight excluding hydrogens is 455 g/mol. The lowest BCUT2D eigenvalue weighted by molar-refractivity contribution is -0.141. The molecule has 0 saturated carbocycles. The summed E-state index contributed by atoms with van der Waals surface area (Å²) in [6, 6.07) is 9.02. The van der Waals surface area contributed by atoms with Gasteiger partial charge in [-0.1, -0.05) is 0 Å². The van der Waals surface area contributed by atoms with Gasteiger partial charge in [-0.15, -0.1) is 11.8 Å². The number of hydrogen-bond donors (Lipinski definition) is 0. The number of carbonyl (C=O) groups is 1. The Balaban J connectivity index is 1.89. The molecule has 32 heavy (non-hydrogen) atoms. The molecule has 0 aliphatic carbocycles. The van der Waals surface area contributed by atoms with Crippen LogP contribution in [0.15, 0.2) is 59.0 Å². The van der Waals surface area contributed by atoms with Gasteiger partial charge in [-0.25, -0.2) is 0 Å². The van der Waals surface area contributed by atoms with Crippen LogP contribution in [0.3, 0.4) is 0 Å². The van der Waals surface area contributed by atoms with E-state index in [-0.39, 0.29) is 30.3 Å². The summed E-state index contributed by atoms with van der Waals surface area (Å²) in [6.07, 6.45) is -6.38. The molecule has 4 nitrogen and oxygen atoms in total. The Morgan fingerprint density at radius 2 is 1.69 bits per heavy atom. The summed E-state index contributed by atoms with van der Waals surface area (Å²) in [5, 5.41) is 0. The molecule has 0 atom stereocenters. The summed E-state index contributed by atoms with van der Waals surface area (Å²) in [5.74, 6) is 0.186. The molecular formula is C22H21F5O4S. The summed E-state index contributed by atoms with van der Waals surface area (Å²) < 4.78 is 79.8. The summed E-state index contributed by atoms with van der Waals surface area (Å²) in [4.78, 5) is 11.5. The highest BCUT2D eigenvalue weighted by molar-refractivity contribution is 7.99. The van der Waals surface area contributed by atoms with E-state index >= 15 is 0 Å². The second kappa shape index (κ2) is 11.8. The lowest BCUT2D eigenvalue weighted by Gasteiger charge is -2.12. The first-order valence-corrected chi connectivity index (χ1v) is 10.4. The van der Waals surface area contributed by atoms with Crippen LogP contribution in [0.25, 0.3) is 0 Å². The zero-order valence-electron chi connectivity index (χ0n) is 17.3. The van der Waals surface area contributed by atoms with Gasteiger partial charge in [0.1, 0.15) is 31.3 Å². The number of benzene rings is 2. The third-order valence-corrected chi connectivity index (χ3v) is 5.15. The Kier molecular flexibility index (Phi) is 9.37. The van der Waals surface area contributed by atoms with Crippen molar-refractivity contribution in [3.63, 3.8) is 0 Å². The molecule has 0 fully saturated rings. The standard InChI is InChI=1S/C22H21F5O4S/c1-14-11-19(7-8-20(14)30-10-9-29-15(2)28)32-13-16(21(23)24)12-31-18-5-3-17(4-6-18)22(25,26)27/h3-8,11H,9-10,12-13H2,1-2H3. The fourth-order valence-electron chi connectivity index (χ4n) is 2.44. The van der Waals surface area contributed by atoms with Crippen LogP contribution in [0.4, 0.5) is 22.0 Å². The highest BCUT2D eigenvalue weighted by Gasteiger charge is 2.30. The van der Waals surface area contributed by atoms with E-state index in [0.29, 0.717) is 5.75 Å². The molecule has 0 aliphatic heterocycles. The maximum atomic E-state index is 13.3. The minimum Gasteiger partial charge on any atom is -0.490 e. The number of alkyl halides is 3. The van der Waals surface area contributed by atoms with E-state index in [4.69, 9.17) is 14.2 Å². The third-order valence-electron chi connectivity index (χ3n) is 4.07. The maximum Gasteiger partial charge on any atom is 0.416 e. The number of thioether (sulfide) groups is 1. The summed E-state index contributed by atoms with van der Waals surface area (Å²) in [7, 11) is 0. The summed E-state index contributed by atoms with van der Waals surface area (Å²) in [5.41, 5.74) is -0.332. The van der Waals surface area contributed by atoms with Gasteiger partial charge in [-0.05, 0) is 55.0 Å². The van der Waals surface area contributed by atoms with E-state index in [9.17, 15) is 26.7 Å². The van der Waals surface area contributed by atoms with E-state index in [0.717, 1.165) is 46.5 Å². The Bertz CT molecular complexity index is 938. The van der Waals surface area contributed by atoms with Crippen LogP contribution in [-0.4, -0.2) is 31.5 Å². The zero-order chi connectivity index (χ0) is 23.7. The molecule has 0 spiro atoms. The Hall–Kier alpha value is -2.75. The topological polar surface area (TPSA) is 44.8 Å². The van der Waals surface area contributed by atoms with Crippen LogP contribution in [0, 0.1) is 6.92 Å². The van der Waals surface area contributed by atoms with Crippen LogP contribution in [0.1, 0.15) is 18.1 Å². The predicted molar refractivity (Wildman–Crippen MR) is 110 cm³/mol. The Morgan fingerprint density at radius 1 is 1.00 bits per heavy atom. The van der Waals surface area contributed by atoms with E-state index in [1.165, 1.54) is 6.92 Å². The fraction of sp³-hybridized carbons (Fsp3) is 0.318. The predicted octanol–water partition coefficient (Wildman–Crippen LogP) is 6.28. The van der Waals surface area contributed by atoms with E-state index in [2.05, 4.69) is 0 Å². The lowest BCUT2D eigenvalue weighted by atomic mass is 10.2. The van der Waals surface area contributed by atoms with Crippen LogP contribution in [0.5, 0.6) is 11.5 Å². The molecule has 2 aromatic carbocycles. The van der Waals surface area contributed by atoms with Crippen molar-refractivity contribution in [3.05, 3.63) is 65.2 Å². The minimum absolute atomic E-state index is 0.0605. The van der Waals surface area contributed by atoms with Crippen LogP contribution >= 0.6 is 11.8 Å². The highest BCUT2D eigenvalue weighted by Crippen LogP contribution is 2.31. The van der Waals surface area contributed by atoms with Crippen molar-refractivity contribution in [2.45, 2.75) is 24.9 Å². The number of esters is 1. The van der Waals surface area contributed by atoms with Gasteiger partial charge in [0.05, 0.1) is 5.56 Å². The van der Waals surface area contributed by atoms with Gasteiger partial charge in [0.2, 0.25) is 0 Å². The number of carbonyl (C=O) groups excluding carboxylic acids is 1. The van der Waals surface area contributed by atoms with Gasteiger partial charge in [0, 0.05) is 23.1 Å². The average molecular weight is 476 g/mol. The molecule has 0 radical (unpaired) electrons. The first kappa shape index (κ1) is 25.5. The van der Waals surface area contributed by atoms with E-state index in [1.54, 1.807) is 25.1 Å². The molecule has 10 heteroatoms. The molecule has 0 aliphatic rings. The van der Waals surface area contributed by atoms with Crippen molar-refractivity contribution < 1.29 is 41.0 Å². The van der Waals surface area contributed by atoms with Crippen molar-refractivity contribution in [2.24, 2.45) is 0 Å². The van der Waals surface area contributed by atoms with Gasteiger partial charge in [-0.2, -0.15) is 22.0 Å². The summed E-state index contributed by atoms with van der Waals surface area (Å²) >= 11 is 1.16. The SMILES string of the molecule is CC(=O)OCCOc1ccc(SCC(COc2ccc(C(F)(F)F)cc2)=C(F)F)cc1C. The number of ether oxygens (including phenoxy) is 3.